The van der Waals surface area contributed by atoms with Gasteiger partial charge in [0.25, 0.3) is 0 Å². The second-order valence-corrected chi connectivity index (χ2v) is 5.29. The highest BCUT2D eigenvalue weighted by molar-refractivity contribution is 5.51. The Bertz CT molecular complexity index is 367. The van der Waals surface area contributed by atoms with Gasteiger partial charge in [-0.25, -0.2) is 0 Å². The average Bonchev–Trinajstić information content (AvgIpc) is 2.28. The van der Waals surface area contributed by atoms with Crippen LogP contribution in [0.2, 0.25) is 0 Å². The Hall–Kier alpha value is -1.04. The van der Waals surface area contributed by atoms with Crippen LogP contribution >= 0.6 is 0 Å². The number of rotatable bonds is 2. The monoisotopic (exact) mass is 213 g/mol. The van der Waals surface area contributed by atoms with Crippen LogP contribution in [0, 0.1) is 12.3 Å². The first-order valence-electron chi connectivity index (χ1n) is 6.29. The third-order valence-corrected chi connectivity index (χ3v) is 3.62. The van der Waals surface area contributed by atoms with Crippen molar-refractivity contribution in [3.05, 3.63) is 48.4 Å². The molecule has 0 nitrogen and oxygen atoms in total. The van der Waals surface area contributed by atoms with Crippen LogP contribution in [0.4, 0.5) is 0 Å². The quantitative estimate of drug-likeness (QED) is 0.658. The van der Waals surface area contributed by atoms with Crippen molar-refractivity contribution in [1.82, 2.24) is 0 Å². The van der Waals surface area contributed by atoms with Gasteiger partial charge in [0.2, 0.25) is 0 Å². The summed E-state index contributed by atoms with van der Waals surface area (Å²) >= 11 is 0. The van der Waals surface area contributed by atoms with Gasteiger partial charge in [-0.2, -0.15) is 0 Å². The molecule has 1 aromatic carbocycles. The molecule has 1 saturated carbocycles. The van der Waals surface area contributed by atoms with Crippen LogP contribution in [0.25, 0.3) is 6.08 Å². The molecule has 16 heavy (non-hydrogen) atoms. The average molecular weight is 213 g/mol. The smallest absolute Gasteiger partial charge is 0.0143 e. The summed E-state index contributed by atoms with van der Waals surface area (Å²) < 4.78 is 0. The van der Waals surface area contributed by atoms with Gasteiger partial charge in [-0.15, -0.1) is 0 Å². The summed E-state index contributed by atoms with van der Waals surface area (Å²) in [5.74, 6) is 0. The summed E-state index contributed by atoms with van der Waals surface area (Å²) in [5.41, 5.74) is 2.80. The molecular formula is C16H21. The van der Waals surface area contributed by atoms with Crippen LogP contribution in [0.3, 0.4) is 0 Å². The first kappa shape index (κ1) is 11.4. The van der Waals surface area contributed by atoms with Crippen molar-refractivity contribution in [3.8, 4) is 0 Å². The number of allylic oxidation sites excluding steroid dienone is 1. The van der Waals surface area contributed by atoms with E-state index in [2.05, 4.69) is 44.2 Å². The highest BCUT2D eigenvalue weighted by Crippen LogP contribution is 2.37. The molecule has 2 rings (SSSR count). The van der Waals surface area contributed by atoms with E-state index in [1.54, 1.807) is 0 Å². The lowest BCUT2D eigenvalue weighted by Gasteiger charge is -2.30. The predicted molar refractivity (Wildman–Crippen MR) is 71.1 cm³/mol. The van der Waals surface area contributed by atoms with E-state index < -0.39 is 0 Å². The van der Waals surface area contributed by atoms with E-state index >= 15 is 0 Å². The Morgan fingerprint density at radius 2 is 1.94 bits per heavy atom. The van der Waals surface area contributed by atoms with Crippen LogP contribution < -0.4 is 0 Å². The fourth-order valence-electron chi connectivity index (χ4n) is 2.52. The van der Waals surface area contributed by atoms with E-state index in [4.69, 9.17) is 0 Å². The zero-order chi connectivity index (χ0) is 11.4. The molecule has 1 fully saturated rings. The Labute approximate surface area is 99.4 Å². The lowest BCUT2D eigenvalue weighted by atomic mass is 9.75. The number of benzene rings is 1. The van der Waals surface area contributed by atoms with Gasteiger partial charge in [-0.3, -0.25) is 0 Å². The molecule has 85 valence electrons. The van der Waals surface area contributed by atoms with Crippen LogP contribution in [0.15, 0.2) is 30.3 Å². The maximum atomic E-state index is 3.96. The summed E-state index contributed by atoms with van der Waals surface area (Å²) in [4.78, 5) is 0. The highest BCUT2D eigenvalue weighted by Gasteiger charge is 2.23. The lowest BCUT2D eigenvalue weighted by Crippen LogP contribution is -2.16. The second-order valence-electron chi connectivity index (χ2n) is 5.29. The minimum Gasteiger partial charge on any atom is -0.0780 e. The summed E-state index contributed by atoms with van der Waals surface area (Å²) in [6.45, 7) is 6.35. The van der Waals surface area contributed by atoms with Gasteiger partial charge in [0, 0.05) is 0 Å². The maximum Gasteiger partial charge on any atom is -0.0143 e. The number of hydrogen-bond donors (Lipinski definition) is 0. The molecule has 0 N–H and O–H groups in total. The SMILES string of the molecule is [CH2]c1cccc(C=CC2(C)CCCCC2)c1. The minimum absolute atomic E-state index is 0.426. The molecule has 0 spiro atoms. The molecule has 1 aliphatic rings. The zero-order valence-electron chi connectivity index (χ0n) is 10.2. The van der Waals surface area contributed by atoms with Gasteiger partial charge in [0.15, 0.2) is 0 Å². The van der Waals surface area contributed by atoms with Gasteiger partial charge in [0.1, 0.15) is 0 Å². The molecular weight excluding hydrogens is 192 g/mol. The molecule has 1 aliphatic carbocycles. The Morgan fingerprint density at radius 3 is 2.62 bits per heavy atom. The molecule has 0 atom stereocenters. The first-order valence-corrected chi connectivity index (χ1v) is 6.29. The van der Waals surface area contributed by atoms with Crippen LogP contribution in [0.1, 0.15) is 50.2 Å². The number of hydrogen-bond acceptors (Lipinski definition) is 0. The standard InChI is InChI=1S/C16H21/c1-14-7-6-8-15(13-14)9-12-16(2)10-4-3-5-11-16/h6-9,12-13H,1,3-5,10-11H2,2H3. The molecule has 1 aromatic rings. The summed E-state index contributed by atoms with van der Waals surface area (Å²) in [7, 11) is 0. The lowest BCUT2D eigenvalue weighted by molar-refractivity contribution is 0.287. The Morgan fingerprint density at radius 1 is 1.19 bits per heavy atom. The third-order valence-electron chi connectivity index (χ3n) is 3.62. The molecule has 0 unspecified atom stereocenters. The molecule has 0 aromatic heterocycles. The van der Waals surface area contributed by atoms with Crippen molar-refractivity contribution in [2.45, 2.75) is 39.0 Å². The van der Waals surface area contributed by atoms with E-state index in [0.29, 0.717) is 5.41 Å². The fraction of sp³-hybridized carbons (Fsp3) is 0.438. The van der Waals surface area contributed by atoms with E-state index in [0.717, 1.165) is 5.56 Å². The largest absolute Gasteiger partial charge is 0.0780 e. The van der Waals surface area contributed by atoms with Crippen LogP contribution in [-0.4, -0.2) is 0 Å². The molecule has 1 radical (unpaired) electrons. The fourth-order valence-corrected chi connectivity index (χ4v) is 2.52. The van der Waals surface area contributed by atoms with Gasteiger partial charge < -0.3 is 0 Å². The van der Waals surface area contributed by atoms with E-state index in [1.807, 2.05) is 6.07 Å². The van der Waals surface area contributed by atoms with Crippen molar-refractivity contribution in [1.29, 1.82) is 0 Å². The van der Waals surface area contributed by atoms with Crippen molar-refractivity contribution in [3.63, 3.8) is 0 Å². The topological polar surface area (TPSA) is 0 Å². The molecule has 0 heterocycles. The third kappa shape index (κ3) is 2.98. The Kier molecular flexibility index (Phi) is 3.48. The van der Waals surface area contributed by atoms with Gasteiger partial charge in [0.05, 0.1) is 0 Å². The second kappa shape index (κ2) is 4.86. The highest BCUT2D eigenvalue weighted by atomic mass is 14.3. The molecule has 0 heteroatoms. The summed E-state index contributed by atoms with van der Waals surface area (Å²) in [5, 5.41) is 0. The van der Waals surface area contributed by atoms with E-state index in [-0.39, 0.29) is 0 Å². The summed E-state index contributed by atoms with van der Waals surface area (Å²) in [6.07, 6.45) is 11.5. The van der Waals surface area contributed by atoms with Crippen molar-refractivity contribution < 1.29 is 0 Å². The zero-order valence-corrected chi connectivity index (χ0v) is 10.2. The minimum atomic E-state index is 0.426. The van der Waals surface area contributed by atoms with E-state index in [1.165, 1.54) is 37.7 Å². The maximum absolute atomic E-state index is 3.96. The summed E-state index contributed by atoms with van der Waals surface area (Å²) in [6, 6.07) is 8.41. The normalized spacial score (nSPS) is 20.1. The van der Waals surface area contributed by atoms with Gasteiger partial charge in [-0.1, -0.05) is 62.6 Å². The van der Waals surface area contributed by atoms with Crippen molar-refractivity contribution in [2.75, 3.05) is 0 Å². The van der Waals surface area contributed by atoms with Crippen LogP contribution in [0.5, 0.6) is 0 Å². The first-order chi connectivity index (χ1) is 7.68. The molecule has 0 saturated heterocycles. The Balaban J connectivity index is 2.08. The molecule has 0 bridgehead atoms. The van der Waals surface area contributed by atoms with Gasteiger partial charge in [-0.05, 0) is 36.3 Å². The van der Waals surface area contributed by atoms with Crippen molar-refractivity contribution >= 4 is 6.08 Å². The molecule has 0 aliphatic heterocycles. The van der Waals surface area contributed by atoms with Crippen molar-refractivity contribution in [2.24, 2.45) is 5.41 Å². The molecule has 0 amide bonds. The van der Waals surface area contributed by atoms with Crippen LogP contribution in [-0.2, 0) is 0 Å². The van der Waals surface area contributed by atoms with Gasteiger partial charge >= 0.3 is 0 Å². The van der Waals surface area contributed by atoms with E-state index in [9.17, 15) is 0 Å². The predicted octanol–water partition coefficient (Wildman–Crippen LogP) is 4.85.